The van der Waals surface area contributed by atoms with E-state index in [0.29, 0.717) is 11.4 Å². The lowest BCUT2D eigenvalue weighted by atomic mass is 10.1. The molecular weight excluding hydrogens is 580 g/mol. The van der Waals surface area contributed by atoms with Crippen molar-refractivity contribution < 1.29 is 8.83 Å². The van der Waals surface area contributed by atoms with Crippen molar-refractivity contribution in [3.63, 3.8) is 0 Å². The first-order chi connectivity index (χ1) is 23.2. The van der Waals surface area contributed by atoms with Gasteiger partial charge in [-0.2, -0.15) is 9.97 Å². The minimum Gasteiger partial charge on any atom is -0.437 e. The van der Waals surface area contributed by atoms with Gasteiger partial charge in [-0.3, -0.25) is 9.80 Å². The highest BCUT2D eigenvalue weighted by atomic mass is 16.4. The van der Waals surface area contributed by atoms with Crippen LogP contribution in [0.2, 0.25) is 0 Å². The molecule has 0 aliphatic carbocycles. The van der Waals surface area contributed by atoms with Crippen LogP contribution in [0.1, 0.15) is 5.56 Å². The summed E-state index contributed by atoms with van der Waals surface area (Å²) in [5.74, 6) is 1.55. The van der Waals surface area contributed by atoms with Gasteiger partial charge in [0.05, 0.1) is 0 Å². The number of pyridine rings is 2. The molecule has 0 unspecified atom stereocenters. The molecule has 0 spiro atoms. The van der Waals surface area contributed by atoms with Crippen LogP contribution in [-0.4, -0.2) is 9.97 Å². The summed E-state index contributed by atoms with van der Waals surface area (Å²) in [7, 11) is 0. The van der Waals surface area contributed by atoms with Crippen LogP contribution in [0.5, 0.6) is 0 Å². The average molecular weight is 609 g/mol. The second-order valence-electron chi connectivity index (χ2n) is 11.5. The molecule has 0 saturated heterocycles. The predicted octanol–water partition coefficient (Wildman–Crippen LogP) is 11.5. The summed E-state index contributed by atoms with van der Waals surface area (Å²) >= 11 is 0. The highest BCUT2D eigenvalue weighted by Gasteiger charge is 2.22. The molecule has 9 aromatic rings. The average Bonchev–Trinajstić information content (AvgIpc) is 3.69. The quantitative estimate of drug-likeness (QED) is 0.187. The van der Waals surface area contributed by atoms with Gasteiger partial charge in [-0.25, -0.2) is 0 Å². The van der Waals surface area contributed by atoms with Crippen LogP contribution in [0.3, 0.4) is 0 Å². The Labute approximate surface area is 270 Å². The molecule has 0 saturated carbocycles. The van der Waals surface area contributed by atoms with Crippen molar-refractivity contribution in [2.45, 2.75) is 6.92 Å². The molecule has 0 radical (unpaired) electrons. The lowest BCUT2D eigenvalue weighted by Gasteiger charge is -2.23. The third kappa shape index (κ3) is 4.50. The molecule has 6 heteroatoms. The highest BCUT2D eigenvalue weighted by Crippen LogP contribution is 2.42. The van der Waals surface area contributed by atoms with E-state index in [0.717, 1.165) is 72.7 Å². The van der Waals surface area contributed by atoms with E-state index in [1.807, 2.05) is 79.7 Å². The lowest BCUT2D eigenvalue weighted by molar-refractivity contribution is 0.637. The van der Waals surface area contributed by atoms with Gasteiger partial charge in [-0.05, 0) is 85.8 Å². The van der Waals surface area contributed by atoms with Gasteiger partial charge in [0.15, 0.2) is 0 Å². The Morgan fingerprint density at radius 3 is 1.09 bits per heavy atom. The molecule has 0 aliphatic heterocycles. The van der Waals surface area contributed by atoms with Crippen molar-refractivity contribution in [2.75, 3.05) is 9.80 Å². The molecule has 0 fully saturated rings. The first-order valence-electron chi connectivity index (χ1n) is 15.6. The van der Waals surface area contributed by atoms with Crippen LogP contribution in [0.25, 0.3) is 44.1 Å². The van der Waals surface area contributed by atoms with E-state index in [1.165, 1.54) is 0 Å². The van der Waals surface area contributed by atoms with E-state index in [-0.39, 0.29) is 0 Å². The van der Waals surface area contributed by atoms with Gasteiger partial charge in [-0.1, -0.05) is 72.8 Å². The van der Waals surface area contributed by atoms with Crippen molar-refractivity contribution in [1.29, 1.82) is 0 Å². The minimum atomic E-state index is 0.580. The standard InChI is InChI=1S/C41H28N4O2/c1-27-38-34(32-22-24-36(42-40(32)46-38)44(28-14-6-2-7-15-28)29-16-8-3-9-17-29)26-35-33-23-25-37(43-41(33)47-39(27)35)45(30-18-10-4-11-19-30)31-20-12-5-13-21-31/h2-26H,1H3. The molecule has 9 rings (SSSR count). The number of aromatic nitrogens is 2. The molecule has 5 aromatic carbocycles. The first kappa shape index (κ1) is 27.0. The first-order valence-corrected chi connectivity index (χ1v) is 15.6. The second kappa shape index (κ2) is 10.9. The molecule has 0 aliphatic rings. The molecular formula is C41H28N4O2. The SMILES string of the molecule is Cc1c2oc3nc(N(c4ccccc4)c4ccccc4)ccc3c2cc2c1oc1nc(N(c3ccccc3)c3ccccc3)ccc12. The number of benzene rings is 5. The Morgan fingerprint density at radius 1 is 0.404 bits per heavy atom. The molecule has 6 nitrogen and oxygen atoms in total. The number of nitrogens with zero attached hydrogens (tertiary/aromatic N) is 4. The predicted molar refractivity (Wildman–Crippen MR) is 191 cm³/mol. The van der Waals surface area contributed by atoms with Crippen molar-refractivity contribution >= 4 is 78.5 Å². The Morgan fingerprint density at radius 2 is 0.745 bits per heavy atom. The summed E-state index contributed by atoms with van der Waals surface area (Å²) in [5, 5.41) is 3.90. The van der Waals surface area contributed by atoms with Crippen LogP contribution >= 0.6 is 0 Å². The molecule has 224 valence electrons. The fourth-order valence-corrected chi connectivity index (χ4v) is 6.45. The highest BCUT2D eigenvalue weighted by molar-refractivity contribution is 6.16. The number of fused-ring (bicyclic) bond motifs is 6. The number of para-hydroxylation sites is 4. The second-order valence-corrected chi connectivity index (χ2v) is 11.5. The van der Waals surface area contributed by atoms with Gasteiger partial charge in [0.1, 0.15) is 22.8 Å². The number of furan rings is 2. The maximum atomic E-state index is 6.50. The third-order valence-electron chi connectivity index (χ3n) is 8.64. The summed E-state index contributed by atoms with van der Waals surface area (Å²) in [5.41, 5.74) is 7.68. The van der Waals surface area contributed by atoms with Crippen molar-refractivity contribution in [2.24, 2.45) is 0 Å². The number of hydrogen-bond donors (Lipinski definition) is 0. The van der Waals surface area contributed by atoms with Crippen molar-refractivity contribution in [3.05, 3.63) is 157 Å². The smallest absolute Gasteiger partial charge is 0.229 e. The zero-order chi connectivity index (χ0) is 31.3. The summed E-state index contributed by atoms with van der Waals surface area (Å²) < 4.78 is 13.0. The fraction of sp³-hybridized carbons (Fsp3) is 0.0244. The molecule has 47 heavy (non-hydrogen) atoms. The maximum absolute atomic E-state index is 6.50. The molecule has 4 aromatic heterocycles. The van der Waals surface area contributed by atoms with Gasteiger partial charge < -0.3 is 8.83 Å². The maximum Gasteiger partial charge on any atom is 0.229 e. The zero-order valence-electron chi connectivity index (χ0n) is 25.5. The topological polar surface area (TPSA) is 58.5 Å². The Hall–Kier alpha value is -6.40. The summed E-state index contributed by atoms with van der Waals surface area (Å²) in [6, 6.07) is 51.5. The van der Waals surface area contributed by atoms with E-state index in [2.05, 4.69) is 88.7 Å². The fourth-order valence-electron chi connectivity index (χ4n) is 6.45. The van der Waals surface area contributed by atoms with Gasteiger partial charge >= 0.3 is 0 Å². The molecule has 0 amide bonds. The van der Waals surface area contributed by atoms with Crippen LogP contribution in [-0.2, 0) is 0 Å². The normalized spacial score (nSPS) is 11.5. The largest absolute Gasteiger partial charge is 0.437 e. The van der Waals surface area contributed by atoms with E-state index in [1.54, 1.807) is 0 Å². The Balaban J connectivity index is 1.18. The van der Waals surface area contributed by atoms with E-state index < -0.39 is 0 Å². The number of anilines is 6. The summed E-state index contributed by atoms with van der Waals surface area (Å²) in [4.78, 5) is 14.4. The van der Waals surface area contributed by atoms with E-state index in [4.69, 9.17) is 18.8 Å². The van der Waals surface area contributed by atoms with Crippen molar-refractivity contribution in [1.82, 2.24) is 9.97 Å². The van der Waals surface area contributed by atoms with Gasteiger partial charge in [-0.15, -0.1) is 0 Å². The monoisotopic (exact) mass is 608 g/mol. The minimum absolute atomic E-state index is 0.580. The number of hydrogen-bond acceptors (Lipinski definition) is 6. The van der Waals surface area contributed by atoms with Crippen LogP contribution in [0, 0.1) is 6.92 Å². The molecule has 0 atom stereocenters. The van der Waals surface area contributed by atoms with E-state index in [9.17, 15) is 0 Å². The lowest BCUT2D eigenvalue weighted by Crippen LogP contribution is -2.11. The molecule has 0 bridgehead atoms. The Kier molecular flexibility index (Phi) is 6.25. The van der Waals surface area contributed by atoms with Gasteiger partial charge in [0, 0.05) is 49.9 Å². The van der Waals surface area contributed by atoms with Crippen LogP contribution in [0.4, 0.5) is 34.4 Å². The molecule has 4 heterocycles. The Bertz CT molecular complexity index is 2270. The number of aryl methyl sites for hydroxylation is 1. The summed E-state index contributed by atoms with van der Waals surface area (Å²) in [6.45, 7) is 2.04. The molecule has 0 N–H and O–H groups in total. The van der Waals surface area contributed by atoms with Crippen LogP contribution in [0.15, 0.2) is 160 Å². The van der Waals surface area contributed by atoms with E-state index >= 15 is 0 Å². The van der Waals surface area contributed by atoms with Gasteiger partial charge in [0.2, 0.25) is 11.4 Å². The third-order valence-corrected chi connectivity index (χ3v) is 8.64. The summed E-state index contributed by atoms with van der Waals surface area (Å²) in [6.07, 6.45) is 0. The van der Waals surface area contributed by atoms with Crippen molar-refractivity contribution in [3.8, 4) is 0 Å². The number of rotatable bonds is 6. The van der Waals surface area contributed by atoms with Crippen LogP contribution < -0.4 is 9.80 Å². The zero-order valence-corrected chi connectivity index (χ0v) is 25.5. The van der Waals surface area contributed by atoms with Gasteiger partial charge in [0.25, 0.3) is 0 Å².